The number of alkyl halides is 1. The molecule has 0 aromatic heterocycles. The van der Waals surface area contributed by atoms with Gasteiger partial charge in [-0.3, -0.25) is 9.59 Å². The minimum atomic E-state index is -1.47. The Morgan fingerprint density at radius 3 is 2.45 bits per heavy atom. The largest absolute Gasteiger partial charge is 0.465 e. The monoisotopic (exact) mass is 162 g/mol. The standard InChI is InChI=1S/C7H11FO3/c1-5(8)7(10)3-4-11-6(2)9/h5H,3-4H2,1-2H3. The normalized spacial score (nSPS) is 12.3. The molecule has 0 aliphatic rings. The van der Waals surface area contributed by atoms with Crippen molar-refractivity contribution in [2.75, 3.05) is 6.61 Å². The molecule has 64 valence electrons. The Bertz CT molecular complexity index is 154. The van der Waals surface area contributed by atoms with Crippen LogP contribution < -0.4 is 0 Å². The van der Waals surface area contributed by atoms with Crippen LogP contribution in [-0.2, 0) is 14.3 Å². The van der Waals surface area contributed by atoms with Gasteiger partial charge < -0.3 is 4.74 Å². The maximum atomic E-state index is 12.1. The SMILES string of the molecule is CC(=O)OCCC(=O)C(C)F. The molecule has 0 saturated carbocycles. The van der Waals surface area contributed by atoms with Crippen LogP contribution in [0.4, 0.5) is 4.39 Å². The Balaban J connectivity index is 3.39. The fourth-order valence-corrected chi connectivity index (χ4v) is 0.494. The average Bonchev–Trinajstić information content (AvgIpc) is 1.86. The summed E-state index contributed by atoms with van der Waals surface area (Å²) in [5.41, 5.74) is 0. The van der Waals surface area contributed by atoms with E-state index in [0.29, 0.717) is 0 Å². The predicted molar refractivity (Wildman–Crippen MR) is 36.8 cm³/mol. The van der Waals surface area contributed by atoms with E-state index >= 15 is 0 Å². The lowest BCUT2D eigenvalue weighted by atomic mass is 10.2. The molecule has 0 fully saturated rings. The second kappa shape index (κ2) is 4.82. The summed E-state index contributed by atoms with van der Waals surface area (Å²) in [5.74, 6) is -0.990. The first-order chi connectivity index (χ1) is 5.04. The fourth-order valence-electron chi connectivity index (χ4n) is 0.494. The van der Waals surface area contributed by atoms with E-state index in [1.54, 1.807) is 0 Å². The number of carbonyl (C=O) groups excluding carboxylic acids is 2. The third-order valence-corrected chi connectivity index (χ3v) is 1.10. The summed E-state index contributed by atoms with van der Waals surface area (Å²) in [6.45, 7) is 2.38. The molecule has 0 aliphatic heterocycles. The van der Waals surface area contributed by atoms with Crippen molar-refractivity contribution in [2.24, 2.45) is 0 Å². The van der Waals surface area contributed by atoms with Gasteiger partial charge in [0.25, 0.3) is 0 Å². The average molecular weight is 162 g/mol. The molecular weight excluding hydrogens is 151 g/mol. The van der Waals surface area contributed by atoms with E-state index in [2.05, 4.69) is 4.74 Å². The van der Waals surface area contributed by atoms with Gasteiger partial charge in [-0.1, -0.05) is 0 Å². The summed E-state index contributed by atoms with van der Waals surface area (Å²) >= 11 is 0. The van der Waals surface area contributed by atoms with Gasteiger partial charge in [-0.15, -0.1) is 0 Å². The van der Waals surface area contributed by atoms with Gasteiger partial charge in [0.05, 0.1) is 6.61 Å². The van der Waals surface area contributed by atoms with Crippen LogP contribution in [0.15, 0.2) is 0 Å². The summed E-state index contributed by atoms with van der Waals surface area (Å²) < 4.78 is 16.6. The number of Topliss-reactive ketones (excluding diaryl/α,β-unsaturated/α-hetero) is 1. The Morgan fingerprint density at radius 2 is 2.09 bits per heavy atom. The first kappa shape index (κ1) is 10.1. The molecule has 0 rings (SSSR count). The highest BCUT2D eigenvalue weighted by molar-refractivity contribution is 5.82. The second-order valence-corrected chi connectivity index (χ2v) is 2.17. The fraction of sp³-hybridized carbons (Fsp3) is 0.714. The maximum absolute atomic E-state index is 12.1. The third kappa shape index (κ3) is 5.51. The van der Waals surface area contributed by atoms with Gasteiger partial charge in [-0.05, 0) is 6.92 Å². The van der Waals surface area contributed by atoms with Crippen molar-refractivity contribution in [1.29, 1.82) is 0 Å². The Kier molecular flexibility index (Phi) is 4.41. The molecule has 3 nitrogen and oxygen atoms in total. The lowest BCUT2D eigenvalue weighted by Crippen LogP contribution is -2.14. The number of ketones is 1. The van der Waals surface area contributed by atoms with Gasteiger partial charge >= 0.3 is 5.97 Å². The van der Waals surface area contributed by atoms with Gasteiger partial charge in [0.1, 0.15) is 0 Å². The molecule has 11 heavy (non-hydrogen) atoms. The summed E-state index contributed by atoms with van der Waals surface area (Å²) in [6.07, 6.45) is -1.51. The number of halogens is 1. The Hall–Kier alpha value is -0.930. The molecule has 0 aromatic rings. The summed E-state index contributed by atoms with van der Waals surface area (Å²) in [6, 6.07) is 0. The highest BCUT2D eigenvalue weighted by atomic mass is 19.1. The zero-order valence-corrected chi connectivity index (χ0v) is 6.59. The first-order valence-corrected chi connectivity index (χ1v) is 3.34. The van der Waals surface area contributed by atoms with Crippen LogP contribution >= 0.6 is 0 Å². The molecular formula is C7H11FO3. The van der Waals surface area contributed by atoms with E-state index in [-0.39, 0.29) is 13.0 Å². The summed E-state index contributed by atoms with van der Waals surface area (Å²) in [5, 5.41) is 0. The number of rotatable bonds is 4. The van der Waals surface area contributed by atoms with Gasteiger partial charge in [0.2, 0.25) is 0 Å². The van der Waals surface area contributed by atoms with E-state index in [9.17, 15) is 14.0 Å². The van der Waals surface area contributed by atoms with Crippen molar-refractivity contribution in [3.63, 3.8) is 0 Å². The van der Waals surface area contributed by atoms with E-state index in [1.807, 2.05) is 0 Å². The molecule has 0 amide bonds. The van der Waals surface area contributed by atoms with E-state index in [1.165, 1.54) is 6.92 Å². The van der Waals surface area contributed by atoms with Crippen LogP contribution in [0.3, 0.4) is 0 Å². The van der Waals surface area contributed by atoms with Crippen molar-refractivity contribution in [2.45, 2.75) is 26.4 Å². The van der Waals surface area contributed by atoms with Gasteiger partial charge in [-0.2, -0.15) is 0 Å². The van der Waals surface area contributed by atoms with Crippen LogP contribution in [0.25, 0.3) is 0 Å². The Morgan fingerprint density at radius 1 is 1.55 bits per heavy atom. The zero-order chi connectivity index (χ0) is 8.85. The van der Waals surface area contributed by atoms with Gasteiger partial charge in [0.15, 0.2) is 12.0 Å². The lowest BCUT2D eigenvalue weighted by Gasteiger charge is -2.01. The highest BCUT2D eigenvalue weighted by Gasteiger charge is 2.10. The van der Waals surface area contributed by atoms with Crippen molar-refractivity contribution >= 4 is 11.8 Å². The summed E-state index contributed by atoms with van der Waals surface area (Å²) in [4.78, 5) is 20.7. The lowest BCUT2D eigenvalue weighted by molar-refractivity contribution is -0.141. The van der Waals surface area contributed by atoms with Crippen molar-refractivity contribution < 1.29 is 18.7 Å². The van der Waals surface area contributed by atoms with Crippen LogP contribution in [0, 0.1) is 0 Å². The topological polar surface area (TPSA) is 43.4 Å². The van der Waals surface area contributed by atoms with Gasteiger partial charge in [-0.25, -0.2) is 4.39 Å². The minimum absolute atomic E-state index is 0.0254. The zero-order valence-electron chi connectivity index (χ0n) is 6.59. The molecule has 0 saturated heterocycles. The van der Waals surface area contributed by atoms with Crippen molar-refractivity contribution in [3.05, 3.63) is 0 Å². The van der Waals surface area contributed by atoms with Crippen molar-refractivity contribution in [1.82, 2.24) is 0 Å². The summed E-state index contributed by atoms with van der Waals surface area (Å²) in [7, 11) is 0. The van der Waals surface area contributed by atoms with E-state index in [4.69, 9.17) is 0 Å². The van der Waals surface area contributed by atoms with Crippen LogP contribution in [0.2, 0.25) is 0 Å². The number of hydrogen-bond donors (Lipinski definition) is 0. The quantitative estimate of drug-likeness (QED) is 0.576. The number of esters is 1. The first-order valence-electron chi connectivity index (χ1n) is 3.34. The Labute approximate surface area is 64.5 Å². The molecule has 0 aromatic carbocycles. The molecule has 0 spiro atoms. The molecule has 1 atom stereocenters. The van der Waals surface area contributed by atoms with Crippen molar-refractivity contribution in [3.8, 4) is 0 Å². The molecule has 0 N–H and O–H groups in total. The minimum Gasteiger partial charge on any atom is -0.465 e. The predicted octanol–water partition coefficient (Wildman–Crippen LogP) is 0.867. The van der Waals surface area contributed by atoms with Crippen LogP contribution in [-0.4, -0.2) is 24.5 Å². The molecule has 0 aliphatic carbocycles. The maximum Gasteiger partial charge on any atom is 0.302 e. The van der Waals surface area contributed by atoms with Crippen LogP contribution in [0.1, 0.15) is 20.3 Å². The van der Waals surface area contributed by atoms with E-state index in [0.717, 1.165) is 6.92 Å². The van der Waals surface area contributed by atoms with Gasteiger partial charge in [0, 0.05) is 13.3 Å². The third-order valence-electron chi connectivity index (χ3n) is 1.10. The highest BCUT2D eigenvalue weighted by Crippen LogP contribution is 1.95. The van der Waals surface area contributed by atoms with E-state index < -0.39 is 17.9 Å². The molecule has 0 bridgehead atoms. The molecule has 1 unspecified atom stereocenters. The van der Waals surface area contributed by atoms with Crippen LogP contribution in [0.5, 0.6) is 0 Å². The molecule has 4 heteroatoms. The number of carbonyl (C=O) groups is 2. The number of hydrogen-bond acceptors (Lipinski definition) is 3. The molecule has 0 heterocycles. The molecule has 0 radical (unpaired) electrons. The number of ether oxygens (including phenoxy) is 1. The second-order valence-electron chi connectivity index (χ2n) is 2.17. The smallest absolute Gasteiger partial charge is 0.302 e.